The number of fused-ring (bicyclic) bond motifs is 2. The van der Waals surface area contributed by atoms with Crippen molar-refractivity contribution in [2.45, 2.75) is 18.9 Å². The predicted octanol–water partition coefficient (Wildman–Crippen LogP) is 3.07. The van der Waals surface area contributed by atoms with E-state index in [0.29, 0.717) is 29.9 Å². The maximum Gasteiger partial charge on any atom is 0.256 e. The second-order valence-corrected chi connectivity index (χ2v) is 7.75. The molecule has 0 aliphatic carbocycles. The van der Waals surface area contributed by atoms with Gasteiger partial charge in [0.2, 0.25) is 11.8 Å². The summed E-state index contributed by atoms with van der Waals surface area (Å²) < 4.78 is 1.91. The van der Waals surface area contributed by atoms with Gasteiger partial charge in [0.05, 0.1) is 22.6 Å². The molecule has 2 aliphatic heterocycles. The molecule has 0 radical (unpaired) electrons. The minimum absolute atomic E-state index is 0.146. The maximum absolute atomic E-state index is 13.3. The first-order valence-electron chi connectivity index (χ1n) is 10.4. The number of nitrogens with one attached hydrogen (secondary N) is 1. The van der Waals surface area contributed by atoms with Gasteiger partial charge >= 0.3 is 0 Å². The van der Waals surface area contributed by atoms with Gasteiger partial charge in [-0.2, -0.15) is 0 Å². The zero-order valence-corrected chi connectivity index (χ0v) is 16.9. The van der Waals surface area contributed by atoms with Crippen molar-refractivity contribution in [2.75, 3.05) is 23.3 Å². The molecule has 1 saturated heterocycles. The molecule has 7 heteroatoms. The molecule has 5 rings (SSSR count). The molecule has 156 valence electrons. The fourth-order valence-corrected chi connectivity index (χ4v) is 4.41. The highest BCUT2D eigenvalue weighted by Gasteiger charge is 2.42. The fourth-order valence-electron chi connectivity index (χ4n) is 4.41. The van der Waals surface area contributed by atoms with E-state index >= 15 is 0 Å². The Balaban J connectivity index is 1.44. The van der Waals surface area contributed by atoms with Crippen LogP contribution < -0.4 is 10.2 Å². The van der Waals surface area contributed by atoms with Gasteiger partial charge in [0, 0.05) is 18.9 Å². The highest BCUT2D eigenvalue weighted by Crippen LogP contribution is 2.32. The van der Waals surface area contributed by atoms with Crippen molar-refractivity contribution >= 4 is 29.1 Å². The van der Waals surface area contributed by atoms with E-state index in [2.05, 4.69) is 5.32 Å². The number of benzene rings is 2. The van der Waals surface area contributed by atoms with E-state index in [-0.39, 0.29) is 24.3 Å². The van der Waals surface area contributed by atoms with E-state index in [1.165, 1.54) is 4.90 Å². The lowest BCUT2D eigenvalue weighted by Crippen LogP contribution is -2.47. The molecule has 3 amide bonds. The van der Waals surface area contributed by atoms with Gasteiger partial charge < -0.3 is 19.7 Å². The minimum Gasteiger partial charge on any atom is -0.327 e. The standard InChI is InChI=1S/C24H22N4O3/c29-22(25-18-9-2-4-11-20(18)26-13-5-6-14-26)16-28-19-10-3-1-8-17(19)23(30)27-15-7-12-21(27)24(28)31/h1-6,8-11,13-14,21H,7,12,15-16H2,(H,25,29). The number of carbonyl (C=O) groups is 3. The van der Waals surface area contributed by atoms with Crippen LogP contribution in [0.2, 0.25) is 0 Å². The van der Waals surface area contributed by atoms with Gasteiger partial charge in [-0.3, -0.25) is 14.4 Å². The molecule has 0 saturated carbocycles. The molecular formula is C24H22N4O3. The second kappa shape index (κ2) is 7.75. The fraction of sp³-hybridized carbons (Fsp3) is 0.208. The van der Waals surface area contributed by atoms with Gasteiger partial charge in [0.15, 0.2) is 0 Å². The van der Waals surface area contributed by atoms with E-state index in [1.807, 2.05) is 53.4 Å². The molecule has 3 heterocycles. The highest BCUT2D eigenvalue weighted by atomic mass is 16.2. The van der Waals surface area contributed by atoms with Crippen LogP contribution in [0.4, 0.5) is 11.4 Å². The number of para-hydroxylation sites is 3. The van der Waals surface area contributed by atoms with Crippen molar-refractivity contribution in [3.63, 3.8) is 0 Å². The lowest BCUT2D eigenvalue weighted by atomic mass is 10.1. The largest absolute Gasteiger partial charge is 0.327 e. The van der Waals surface area contributed by atoms with E-state index in [0.717, 1.165) is 12.1 Å². The molecular weight excluding hydrogens is 392 g/mol. The van der Waals surface area contributed by atoms with Gasteiger partial charge in [-0.1, -0.05) is 24.3 Å². The third-order valence-electron chi connectivity index (χ3n) is 5.85. The number of amides is 3. The number of aromatic nitrogens is 1. The van der Waals surface area contributed by atoms with Crippen LogP contribution in [0.3, 0.4) is 0 Å². The zero-order valence-electron chi connectivity index (χ0n) is 16.9. The quantitative estimate of drug-likeness (QED) is 0.713. The molecule has 0 bridgehead atoms. The van der Waals surface area contributed by atoms with Crippen LogP contribution in [0.1, 0.15) is 23.2 Å². The van der Waals surface area contributed by atoms with Gasteiger partial charge in [-0.25, -0.2) is 0 Å². The maximum atomic E-state index is 13.3. The molecule has 1 atom stereocenters. The van der Waals surface area contributed by atoms with Crippen LogP contribution in [-0.4, -0.2) is 46.3 Å². The van der Waals surface area contributed by atoms with Gasteiger partial charge in [-0.15, -0.1) is 0 Å². The zero-order chi connectivity index (χ0) is 21.4. The van der Waals surface area contributed by atoms with Gasteiger partial charge in [-0.05, 0) is 49.2 Å². The summed E-state index contributed by atoms with van der Waals surface area (Å²) in [5.74, 6) is -0.668. The van der Waals surface area contributed by atoms with E-state index in [4.69, 9.17) is 0 Å². The summed E-state index contributed by atoms with van der Waals surface area (Å²) in [4.78, 5) is 42.5. The van der Waals surface area contributed by atoms with Gasteiger partial charge in [0.1, 0.15) is 12.6 Å². The molecule has 7 nitrogen and oxygen atoms in total. The molecule has 0 spiro atoms. The summed E-state index contributed by atoms with van der Waals surface area (Å²) in [6.07, 6.45) is 5.21. The summed E-state index contributed by atoms with van der Waals surface area (Å²) in [6, 6.07) is 17.8. The first-order valence-corrected chi connectivity index (χ1v) is 10.4. The topological polar surface area (TPSA) is 74.7 Å². The van der Waals surface area contributed by atoms with E-state index < -0.39 is 6.04 Å². The van der Waals surface area contributed by atoms with Crippen molar-refractivity contribution in [2.24, 2.45) is 0 Å². The van der Waals surface area contributed by atoms with Crippen LogP contribution in [0, 0.1) is 0 Å². The molecule has 1 N–H and O–H groups in total. The van der Waals surface area contributed by atoms with Crippen molar-refractivity contribution in [1.29, 1.82) is 0 Å². The Labute approximate surface area is 179 Å². The summed E-state index contributed by atoms with van der Waals surface area (Å²) in [5, 5.41) is 2.94. The number of hydrogen-bond donors (Lipinski definition) is 1. The van der Waals surface area contributed by atoms with Crippen molar-refractivity contribution in [3.8, 4) is 5.69 Å². The van der Waals surface area contributed by atoms with Crippen LogP contribution in [-0.2, 0) is 9.59 Å². The molecule has 2 aromatic carbocycles. The van der Waals surface area contributed by atoms with Crippen molar-refractivity contribution < 1.29 is 14.4 Å². The van der Waals surface area contributed by atoms with Crippen molar-refractivity contribution in [3.05, 3.63) is 78.6 Å². The van der Waals surface area contributed by atoms with Crippen LogP contribution in [0.15, 0.2) is 73.1 Å². The number of anilines is 2. The Morgan fingerprint density at radius 2 is 1.65 bits per heavy atom. The highest BCUT2D eigenvalue weighted by molar-refractivity contribution is 6.13. The van der Waals surface area contributed by atoms with Crippen molar-refractivity contribution in [1.82, 2.24) is 9.47 Å². The summed E-state index contributed by atoms with van der Waals surface area (Å²) in [5.41, 5.74) is 2.43. The SMILES string of the molecule is O=C(CN1C(=O)C2CCCN2C(=O)c2ccccc21)Nc1ccccc1-n1cccc1. The first kappa shape index (κ1) is 19.1. The third-order valence-corrected chi connectivity index (χ3v) is 5.85. The molecule has 1 fully saturated rings. The smallest absolute Gasteiger partial charge is 0.256 e. The number of nitrogens with zero attached hydrogens (tertiary/aromatic N) is 3. The average molecular weight is 414 g/mol. The normalized spacial score (nSPS) is 17.9. The predicted molar refractivity (Wildman–Crippen MR) is 117 cm³/mol. The number of carbonyl (C=O) groups excluding carboxylic acids is 3. The average Bonchev–Trinajstić information content (AvgIpc) is 3.48. The Hall–Kier alpha value is -3.87. The van der Waals surface area contributed by atoms with Crippen LogP contribution in [0.5, 0.6) is 0 Å². The Morgan fingerprint density at radius 1 is 0.935 bits per heavy atom. The van der Waals surface area contributed by atoms with Gasteiger partial charge in [0.25, 0.3) is 5.91 Å². The number of rotatable bonds is 4. The third kappa shape index (κ3) is 3.38. The molecule has 31 heavy (non-hydrogen) atoms. The molecule has 1 unspecified atom stereocenters. The number of hydrogen-bond acceptors (Lipinski definition) is 3. The first-order chi connectivity index (χ1) is 15.1. The molecule has 1 aromatic heterocycles. The molecule has 2 aliphatic rings. The minimum atomic E-state index is -0.514. The van der Waals surface area contributed by atoms with Crippen LogP contribution >= 0.6 is 0 Å². The Bertz CT molecular complexity index is 1160. The summed E-state index contributed by atoms with van der Waals surface area (Å²) in [7, 11) is 0. The van der Waals surface area contributed by atoms with Crippen LogP contribution in [0.25, 0.3) is 5.69 Å². The lowest BCUT2D eigenvalue weighted by molar-refractivity contribution is -0.124. The lowest BCUT2D eigenvalue weighted by Gasteiger charge is -2.25. The molecule has 3 aromatic rings. The monoisotopic (exact) mass is 414 g/mol. The Morgan fingerprint density at radius 3 is 2.45 bits per heavy atom. The van der Waals surface area contributed by atoms with E-state index in [1.54, 1.807) is 29.2 Å². The second-order valence-electron chi connectivity index (χ2n) is 7.75. The Kier molecular flexibility index (Phi) is 4.78. The van der Waals surface area contributed by atoms with E-state index in [9.17, 15) is 14.4 Å². The summed E-state index contributed by atoms with van der Waals surface area (Å²) >= 11 is 0. The summed E-state index contributed by atoms with van der Waals surface area (Å²) in [6.45, 7) is 0.404.